The molecule has 0 spiro atoms. The first-order valence-corrected chi connectivity index (χ1v) is 20.7. The minimum atomic E-state index is -0.300. The predicted molar refractivity (Wildman–Crippen MR) is 249 cm³/mol. The van der Waals surface area contributed by atoms with Crippen molar-refractivity contribution in [2.45, 2.75) is 45.4 Å². The Labute approximate surface area is 347 Å². The van der Waals surface area contributed by atoms with Crippen LogP contribution in [0.3, 0.4) is 0 Å². The summed E-state index contributed by atoms with van der Waals surface area (Å²) in [4.78, 5) is 9.93. The van der Waals surface area contributed by atoms with Gasteiger partial charge in [0.2, 0.25) is 0 Å². The first-order chi connectivity index (χ1) is 28.7. The molecule has 0 radical (unpaired) electrons. The van der Waals surface area contributed by atoms with Crippen LogP contribution in [-0.4, -0.2) is 16.2 Å². The van der Waals surface area contributed by atoms with Crippen molar-refractivity contribution in [1.29, 1.82) is 0 Å². The number of hydrogen-bond acceptors (Lipinski definition) is 3. The molecular weight excluding hydrogens is 717 g/mol. The van der Waals surface area contributed by atoms with E-state index in [1.54, 1.807) is 0 Å². The fraction of sp³-hybridized carbons (Fsp3) is 0.145. The molecule has 1 aliphatic rings. The molecule has 10 rings (SSSR count). The second-order valence-corrected chi connectivity index (χ2v) is 17.3. The van der Waals surface area contributed by atoms with Gasteiger partial charge in [-0.1, -0.05) is 168 Å². The van der Waals surface area contributed by atoms with Crippen LogP contribution in [0.15, 0.2) is 188 Å². The van der Waals surface area contributed by atoms with Crippen molar-refractivity contribution in [3.8, 4) is 28.1 Å². The first-order valence-electron chi connectivity index (χ1n) is 20.7. The molecule has 0 saturated carbocycles. The van der Waals surface area contributed by atoms with E-state index in [1.165, 1.54) is 83.5 Å². The van der Waals surface area contributed by atoms with Gasteiger partial charge >= 0.3 is 0 Å². The summed E-state index contributed by atoms with van der Waals surface area (Å²) < 4.78 is 2.35. The molecule has 288 valence electrons. The monoisotopic (exact) mass is 764 g/mol. The van der Waals surface area contributed by atoms with E-state index < -0.39 is 0 Å². The highest BCUT2D eigenvalue weighted by Gasteiger charge is 2.32. The molecule has 0 N–H and O–H groups in total. The van der Waals surface area contributed by atoms with Crippen LogP contribution in [-0.2, 0) is 10.8 Å². The maximum absolute atomic E-state index is 4.95. The van der Waals surface area contributed by atoms with Gasteiger partial charge in [0.05, 0.1) is 28.1 Å². The van der Waals surface area contributed by atoms with Crippen LogP contribution in [0.1, 0.15) is 51.3 Å². The Balaban J connectivity index is 1.07. The number of rotatable bonds is 7. The van der Waals surface area contributed by atoms with E-state index in [-0.39, 0.29) is 10.8 Å². The van der Waals surface area contributed by atoms with Gasteiger partial charge in [0.15, 0.2) is 0 Å². The molecule has 3 heterocycles. The third-order valence-corrected chi connectivity index (χ3v) is 12.3. The summed E-state index contributed by atoms with van der Waals surface area (Å²) >= 11 is 0. The van der Waals surface area contributed by atoms with Crippen LogP contribution in [0.2, 0.25) is 0 Å². The Morgan fingerprint density at radius 3 is 1.75 bits per heavy atom. The average molecular weight is 765 g/mol. The van der Waals surface area contributed by atoms with Gasteiger partial charge in [0.1, 0.15) is 12.5 Å². The van der Waals surface area contributed by atoms with Gasteiger partial charge in [0, 0.05) is 39.2 Å². The molecule has 4 heteroatoms. The van der Waals surface area contributed by atoms with Crippen molar-refractivity contribution in [3.63, 3.8) is 0 Å². The van der Waals surface area contributed by atoms with Gasteiger partial charge < -0.3 is 9.80 Å². The standard InChI is InChI=1S/C55H48N4/c1-54(2,3)40-32-33-56-52(36-40)59-48-27-13-12-24-46(48)47-31-30-42(35-51(47)59)55(4,5)41-22-16-23-43(34-41)57-37-58(50-29-15-14-28-49(50)57)53-44(38-18-8-6-9-19-38)25-17-26-45(53)39-20-10-7-11-21-39/h6-36H,37H2,1-5H3. The number of nitrogens with zero attached hydrogens (tertiary/aromatic N) is 4. The molecule has 0 bridgehead atoms. The Hall–Kier alpha value is -6.91. The van der Waals surface area contributed by atoms with Crippen molar-refractivity contribution < 1.29 is 0 Å². The van der Waals surface area contributed by atoms with Gasteiger partial charge in [-0.25, -0.2) is 4.98 Å². The smallest absolute Gasteiger partial charge is 0.137 e. The molecule has 9 aromatic rings. The van der Waals surface area contributed by atoms with Crippen LogP contribution in [0.4, 0.5) is 22.7 Å². The number of aromatic nitrogens is 2. The van der Waals surface area contributed by atoms with E-state index in [1.807, 2.05) is 6.20 Å². The zero-order valence-electron chi connectivity index (χ0n) is 34.4. The number of fused-ring (bicyclic) bond motifs is 4. The third kappa shape index (κ3) is 6.27. The van der Waals surface area contributed by atoms with Crippen molar-refractivity contribution in [2.24, 2.45) is 0 Å². The molecule has 4 nitrogen and oxygen atoms in total. The molecule has 0 unspecified atom stereocenters. The lowest BCUT2D eigenvalue weighted by molar-refractivity contribution is 0.588. The number of hydrogen-bond donors (Lipinski definition) is 0. The van der Waals surface area contributed by atoms with Crippen molar-refractivity contribution in [1.82, 2.24) is 9.55 Å². The minimum Gasteiger partial charge on any atom is -0.321 e. The highest BCUT2D eigenvalue weighted by molar-refractivity contribution is 6.09. The normalized spacial score (nSPS) is 13.0. The lowest BCUT2D eigenvalue weighted by atomic mass is 9.77. The van der Waals surface area contributed by atoms with Crippen LogP contribution in [0, 0.1) is 0 Å². The van der Waals surface area contributed by atoms with Crippen LogP contribution in [0.5, 0.6) is 0 Å². The van der Waals surface area contributed by atoms with Crippen LogP contribution in [0.25, 0.3) is 49.9 Å². The van der Waals surface area contributed by atoms with Crippen molar-refractivity contribution in [2.75, 3.05) is 16.5 Å². The molecule has 0 fully saturated rings. The Bertz CT molecular complexity index is 2930. The number of anilines is 4. The fourth-order valence-electron chi connectivity index (χ4n) is 9.00. The van der Waals surface area contributed by atoms with E-state index in [4.69, 9.17) is 4.98 Å². The molecule has 59 heavy (non-hydrogen) atoms. The lowest BCUT2D eigenvalue weighted by Gasteiger charge is -2.29. The summed E-state index contributed by atoms with van der Waals surface area (Å²) in [5.41, 5.74) is 15.4. The SMILES string of the molecule is CC(C)(C)c1ccnc(-n2c3ccccc3c3ccc(C(C)(C)c4cccc(N5CN(c6c(-c7ccccc7)cccc6-c6ccccc6)c6ccccc65)c4)cc32)c1. The van der Waals surface area contributed by atoms with Gasteiger partial charge in [-0.05, 0) is 81.8 Å². The molecule has 2 aromatic heterocycles. The second kappa shape index (κ2) is 14.2. The molecule has 0 amide bonds. The summed E-state index contributed by atoms with van der Waals surface area (Å²) in [6.07, 6.45) is 1.95. The molecule has 7 aromatic carbocycles. The van der Waals surface area contributed by atoms with Crippen LogP contribution >= 0.6 is 0 Å². The zero-order chi connectivity index (χ0) is 40.3. The first kappa shape index (κ1) is 36.4. The van der Waals surface area contributed by atoms with E-state index in [0.29, 0.717) is 6.67 Å². The van der Waals surface area contributed by atoms with E-state index in [0.717, 1.165) is 5.82 Å². The highest BCUT2D eigenvalue weighted by atomic mass is 15.4. The zero-order valence-corrected chi connectivity index (χ0v) is 34.4. The van der Waals surface area contributed by atoms with Crippen molar-refractivity contribution in [3.05, 3.63) is 205 Å². The predicted octanol–water partition coefficient (Wildman–Crippen LogP) is 14.4. The minimum absolute atomic E-state index is 0.0109. The van der Waals surface area contributed by atoms with Crippen molar-refractivity contribution >= 4 is 44.6 Å². The number of para-hydroxylation sites is 4. The van der Waals surface area contributed by atoms with Gasteiger partial charge in [0.25, 0.3) is 0 Å². The Kier molecular flexibility index (Phi) is 8.75. The summed E-state index contributed by atoms with van der Waals surface area (Å²) in [5, 5.41) is 2.47. The maximum Gasteiger partial charge on any atom is 0.137 e. The summed E-state index contributed by atoms with van der Waals surface area (Å²) in [6, 6.07) is 66.4. The molecule has 0 atom stereocenters. The molecular formula is C55H48N4. The summed E-state index contributed by atoms with van der Waals surface area (Å²) in [5.74, 6) is 0.946. The largest absolute Gasteiger partial charge is 0.321 e. The van der Waals surface area contributed by atoms with E-state index >= 15 is 0 Å². The molecule has 0 saturated heterocycles. The van der Waals surface area contributed by atoms with Gasteiger partial charge in [-0.3, -0.25) is 4.57 Å². The van der Waals surface area contributed by atoms with Gasteiger partial charge in [-0.2, -0.15) is 0 Å². The number of pyridine rings is 1. The lowest BCUT2D eigenvalue weighted by Crippen LogP contribution is -2.25. The van der Waals surface area contributed by atoms with E-state index in [2.05, 4.69) is 231 Å². The van der Waals surface area contributed by atoms with Gasteiger partial charge in [-0.15, -0.1) is 0 Å². The van der Waals surface area contributed by atoms with E-state index in [9.17, 15) is 0 Å². The maximum atomic E-state index is 4.95. The Morgan fingerprint density at radius 1 is 0.458 bits per heavy atom. The Morgan fingerprint density at radius 2 is 1.05 bits per heavy atom. The fourth-order valence-corrected chi connectivity index (χ4v) is 9.00. The summed E-state index contributed by atoms with van der Waals surface area (Å²) in [7, 11) is 0. The second-order valence-electron chi connectivity index (χ2n) is 17.3. The average Bonchev–Trinajstić information content (AvgIpc) is 3.82. The summed E-state index contributed by atoms with van der Waals surface area (Å²) in [6.45, 7) is 12.2. The molecule has 0 aliphatic carbocycles. The number of benzene rings is 7. The highest BCUT2D eigenvalue weighted by Crippen LogP contribution is 2.50. The quantitative estimate of drug-likeness (QED) is 0.162. The van der Waals surface area contributed by atoms with Crippen LogP contribution < -0.4 is 9.80 Å². The molecule has 1 aliphatic heterocycles. The topological polar surface area (TPSA) is 24.3 Å². The third-order valence-electron chi connectivity index (χ3n) is 12.3.